The molecular weight excluding hydrogens is 1040 g/mol. The Morgan fingerprint density at radius 2 is 1.65 bits per heavy atom. The summed E-state index contributed by atoms with van der Waals surface area (Å²) >= 11 is 3.13. The van der Waals surface area contributed by atoms with E-state index in [0.717, 1.165) is 36.2 Å². The number of nitrogens with zero attached hydrogens (tertiary/aromatic N) is 2. The Balaban J connectivity index is 1.08. The summed E-state index contributed by atoms with van der Waals surface area (Å²) < 4.78 is 52.9. The van der Waals surface area contributed by atoms with Gasteiger partial charge in [0.2, 0.25) is 5.91 Å². The van der Waals surface area contributed by atoms with Crippen LogP contribution >= 0.6 is 23.1 Å². The van der Waals surface area contributed by atoms with E-state index in [9.17, 15) is 39.5 Å². The van der Waals surface area contributed by atoms with E-state index in [1.807, 2.05) is 62.0 Å². The van der Waals surface area contributed by atoms with Gasteiger partial charge >= 0.3 is 5.97 Å². The summed E-state index contributed by atoms with van der Waals surface area (Å²) in [4.78, 5) is 35.5. The van der Waals surface area contributed by atoms with Crippen LogP contribution < -0.4 is 5.32 Å². The Kier molecular flexibility index (Phi) is 20.6. The van der Waals surface area contributed by atoms with Gasteiger partial charge in [0, 0.05) is 81.4 Å². The van der Waals surface area contributed by atoms with Crippen molar-refractivity contribution >= 4 is 41.1 Å². The van der Waals surface area contributed by atoms with E-state index < -0.39 is 102 Å². The van der Waals surface area contributed by atoms with Crippen LogP contribution in [-0.2, 0) is 38.0 Å². The van der Waals surface area contributed by atoms with Crippen molar-refractivity contribution in [2.75, 3.05) is 40.8 Å². The van der Waals surface area contributed by atoms with Crippen LogP contribution in [0.1, 0.15) is 106 Å². The number of fused-ring (bicyclic) bond motifs is 5. The summed E-state index contributed by atoms with van der Waals surface area (Å²) in [5.74, 6) is -3.42. The number of cyclic esters (lactones) is 1. The fourth-order valence-electron chi connectivity index (χ4n) is 12.1. The number of carbonyl (C=O) groups is 2. The van der Waals surface area contributed by atoms with Crippen molar-refractivity contribution in [3.8, 4) is 21.6 Å². The molecule has 16 nitrogen and oxygen atoms in total. The number of methoxy groups -OCH3 is 1. The number of hydrogen-bond donors (Lipinski definition) is 6. The molecule has 3 aromatic rings. The molecule has 2 aromatic carbocycles. The van der Waals surface area contributed by atoms with Crippen LogP contribution in [0, 0.1) is 23.6 Å². The van der Waals surface area contributed by atoms with E-state index in [4.69, 9.17) is 28.4 Å². The first-order valence-electron chi connectivity index (χ1n) is 27.6. The lowest BCUT2D eigenvalue weighted by Gasteiger charge is -2.49. The molecular formula is C59H86FN3O13S2. The largest absolute Gasteiger partial charge is 0.459 e. The molecule has 78 heavy (non-hydrogen) atoms. The van der Waals surface area contributed by atoms with Gasteiger partial charge in [0.05, 0.1) is 41.5 Å². The molecule has 6 N–H and O–H groups in total. The third-order valence-electron chi connectivity index (χ3n) is 16.8. The summed E-state index contributed by atoms with van der Waals surface area (Å²) in [6, 6.07) is 14.0. The quantitative estimate of drug-likeness (QED) is 0.0435. The van der Waals surface area contributed by atoms with Crippen LogP contribution in [0.3, 0.4) is 0 Å². The van der Waals surface area contributed by atoms with Crippen molar-refractivity contribution in [2.45, 2.75) is 201 Å². The summed E-state index contributed by atoms with van der Waals surface area (Å²) in [5.41, 5.74) is -1.70. The first kappa shape index (κ1) is 62.2. The number of esters is 1. The van der Waals surface area contributed by atoms with Gasteiger partial charge in [0.15, 0.2) is 12.6 Å². The zero-order valence-electron chi connectivity index (χ0n) is 47.7. The van der Waals surface area contributed by atoms with E-state index >= 15 is 0 Å². The highest BCUT2D eigenvalue weighted by atomic mass is 32.2. The van der Waals surface area contributed by atoms with Gasteiger partial charge in [0.1, 0.15) is 35.8 Å². The highest BCUT2D eigenvalue weighted by Crippen LogP contribution is 2.51. The van der Waals surface area contributed by atoms with E-state index in [1.165, 1.54) is 37.5 Å². The highest BCUT2D eigenvalue weighted by molar-refractivity contribution is 7.99. The fourth-order valence-corrected chi connectivity index (χ4v) is 14.4. The molecule has 3 saturated heterocycles. The maximum absolute atomic E-state index is 14.5. The molecule has 0 aliphatic carbocycles. The number of thiophene rings is 1. The number of ether oxygens (including phenoxy) is 6. The van der Waals surface area contributed by atoms with Crippen molar-refractivity contribution in [3.05, 3.63) is 65.3 Å². The topological polar surface area (TPSA) is 209 Å². The van der Waals surface area contributed by atoms with Crippen molar-refractivity contribution in [3.63, 3.8) is 0 Å². The third-order valence-corrected chi connectivity index (χ3v) is 19.1. The Labute approximate surface area is 468 Å². The zero-order valence-corrected chi connectivity index (χ0v) is 49.3. The fraction of sp³-hybridized carbons (Fsp3) is 0.661. The Morgan fingerprint density at radius 3 is 2.36 bits per heavy atom. The van der Waals surface area contributed by atoms with Gasteiger partial charge in [-0.15, -0.1) is 11.3 Å². The Bertz CT molecular complexity index is 2550. The molecule has 4 aliphatic rings. The molecule has 434 valence electrons. The number of carbonyl (C=O) groups excluding carboxylic acids is 2. The van der Waals surface area contributed by atoms with Crippen LogP contribution in [0.25, 0.3) is 27.6 Å². The van der Waals surface area contributed by atoms with Gasteiger partial charge in [-0.2, -0.15) is 0 Å². The molecule has 1 amide bonds. The first-order valence-corrected chi connectivity index (χ1v) is 29.3. The van der Waals surface area contributed by atoms with Crippen molar-refractivity contribution in [1.82, 2.24) is 15.1 Å². The summed E-state index contributed by atoms with van der Waals surface area (Å²) in [6.07, 6.45) is -5.48. The summed E-state index contributed by atoms with van der Waals surface area (Å²) in [5, 5.41) is 62.8. The number of rotatable bonds is 13. The van der Waals surface area contributed by atoms with Gasteiger partial charge in [-0.25, -0.2) is 4.39 Å². The molecule has 1 aromatic heterocycles. The lowest BCUT2D eigenvalue weighted by molar-refractivity contribution is -0.318. The van der Waals surface area contributed by atoms with Crippen molar-refractivity contribution < 1.29 is 67.9 Å². The van der Waals surface area contributed by atoms with Crippen molar-refractivity contribution in [1.29, 1.82) is 0 Å². The maximum atomic E-state index is 14.5. The molecule has 0 radical (unpaired) electrons. The van der Waals surface area contributed by atoms with Gasteiger partial charge < -0.3 is 69.1 Å². The van der Waals surface area contributed by atoms with Crippen LogP contribution in [0.4, 0.5) is 4.39 Å². The monoisotopic (exact) mass is 1130 g/mol. The molecule has 3 fully saturated rings. The van der Waals surface area contributed by atoms with E-state index in [-0.39, 0.29) is 43.0 Å². The Hall–Kier alpha value is -3.38. The summed E-state index contributed by atoms with van der Waals surface area (Å²) in [7, 11) is 5.23. The van der Waals surface area contributed by atoms with Gasteiger partial charge in [-0.05, 0) is 143 Å². The summed E-state index contributed by atoms with van der Waals surface area (Å²) in [6.45, 7) is 18.7. The predicted molar refractivity (Wildman–Crippen MR) is 299 cm³/mol. The van der Waals surface area contributed by atoms with E-state index in [2.05, 4.69) is 17.4 Å². The lowest BCUT2D eigenvalue weighted by atomic mass is 9.77. The van der Waals surface area contributed by atoms with Crippen LogP contribution in [0.15, 0.2) is 64.4 Å². The average molecular weight is 1130 g/mol. The number of nitrogens with one attached hydrogen (secondary N) is 1. The van der Waals surface area contributed by atoms with Gasteiger partial charge in [-0.3, -0.25) is 9.59 Å². The minimum atomic E-state index is -1.85. The minimum absolute atomic E-state index is 0.0872. The molecule has 7 rings (SSSR count). The standard InChI is InChI=1S/C59H86FN3O13S2/c1-14-46-59(10,70)52(66)36(6)63(12)31-32(2)29-57(8,69)54(34(4)50(35(5)55(68)74-46)75-48-30-58(9,71-13)53(67)37(7)73-48)76-56-49(65)43(26-33(3)72-56)62(11)25-17-24-61-47(64)23-21-39-28-41-40-18-15-16-19-44(40)78-45-22-20-38(60)27-42(45)51(41)77-39/h15-16,18-23,27-28,32-37,43,46,48-50,52-54,56,65-67,69-70H,14,17,24-26,29-31H2,1-13H3,(H,61,64)/b23-21+/t32-,33-,34+,35-,36-,37+,43+,46-,48+,49-,50+,52-,53+,54-,56+,57-,58-,59-/m1/s1. The number of likely N-dealkylation sites (N-methyl/N-ethyl adjacent to an activating group) is 2. The molecule has 0 spiro atoms. The molecule has 0 saturated carbocycles. The number of hydrogen-bond acceptors (Lipinski definition) is 17. The highest BCUT2D eigenvalue weighted by Gasteiger charge is 2.53. The van der Waals surface area contributed by atoms with Gasteiger partial charge in [0.25, 0.3) is 0 Å². The van der Waals surface area contributed by atoms with E-state index in [1.54, 1.807) is 72.4 Å². The van der Waals surface area contributed by atoms with Crippen LogP contribution in [0.5, 0.6) is 0 Å². The second kappa shape index (κ2) is 25.8. The van der Waals surface area contributed by atoms with Crippen molar-refractivity contribution in [2.24, 2.45) is 17.8 Å². The third kappa shape index (κ3) is 13.9. The molecule has 5 heterocycles. The molecule has 0 bridgehead atoms. The number of halogens is 1. The second-order valence-electron chi connectivity index (χ2n) is 23.3. The number of benzene rings is 2. The maximum Gasteiger partial charge on any atom is 0.311 e. The zero-order chi connectivity index (χ0) is 57.2. The smallest absolute Gasteiger partial charge is 0.311 e. The number of amides is 1. The molecule has 19 heteroatoms. The predicted octanol–water partition coefficient (Wildman–Crippen LogP) is 7.49. The average Bonchev–Trinajstić information content (AvgIpc) is 3.78. The number of aliphatic hydroxyl groups is 5. The molecule has 18 atom stereocenters. The molecule has 0 unspecified atom stereocenters. The number of aliphatic hydroxyl groups excluding tert-OH is 3. The van der Waals surface area contributed by atoms with Gasteiger partial charge in [-0.1, -0.05) is 50.7 Å². The van der Waals surface area contributed by atoms with Crippen LogP contribution in [0.2, 0.25) is 0 Å². The SMILES string of the molecule is CC[C@H]1OC(=O)[C@H](C)[C@@H](O[C@H]2C[C@@](C)(OC)[C@@H](O)[C@H](C)O2)[C@H](C)[C@@H](O[C@@H]2O[C@H](C)C[C@H](N(C)CCCNC(=O)/C=C/c3cc4c(s3)-c3cc(F)ccc3Sc3ccccc3-4)[C@H]2O)[C@](C)(O)C[C@@H](C)CN(C)[C@H](C)[C@@H](O)[C@]1(C)O. The first-order chi connectivity index (χ1) is 36.7. The molecule has 4 aliphatic heterocycles. The normalized spacial score (nSPS) is 37.4. The van der Waals surface area contributed by atoms with E-state index in [0.29, 0.717) is 32.5 Å². The Morgan fingerprint density at radius 1 is 0.949 bits per heavy atom. The lowest BCUT2D eigenvalue weighted by Crippen LogP contribution is -2.61. The van der Waals surface area contributed by atoms with Crippen LogP contribution in [-0.4, -0.2) is 178 Å². The second-order valence-corrected chi connectivity index (χ2v) is 25.5. The minimum Gasteiger partial charge on any atom is -0.459 e.